The second kappa shape index (κ2) is 6.80. The van der Waals surface area contributed by atoms with Crippen molar-refractivity contribution in [1.29, 1.82) is 0 Å². The Morgan fingerprint density at radius 2 is 2.13 bits per heavy atom. The molecular formula is C11H21NO3. The first kappa shape index (κ1) is 12.5. The predicted molar refractivity (Wildman–Crippen MR) is 57.4 cm³/mol. The van der Waals surface area contributed by atoms with Crippen molar-refractivity contribution in [2.24, 2.45) is 5.73 Å². The van der Waals surface area contributed by atoms with Gasteiger partial charge in [-0.2, -0.15) is 0 Å². The van der Waals surface area contributed by atoms with Crippen LogP contribution in [0.25, 0.3) is 0 Å². The zero-order valence-corrected chi connectivity index (χ0v) is 9.41. The summed E-state index contributed by atoms with van der Waals surface area (Å²) in [6.07, 6.45) is 5.75. The lowest BCUT2D eigenvalue weighted by Gasteiger charge is -2.13. The van der Waals surface area contributed by atoms with E-state index in [1.165, 1.54) is 12.8 Å². The number of hydrogen-bond donors (Lipinski definition) is 1. The fourth-order valence-electron chi connectivity index (χ4n) is 1.78. The maximum atomic E-state index is 11.2. The van der Waals surface area contributed by atoms with Crippen molar-refractivity contribution in [3.63, 3.8) is 0 Å². The van der Waals surface area contributed by atoms with E-state index < -0.39 is 6.04 Å². The molecule has 0 aromatic heterocycles. The molecule has 0 radical (unpaired) electrons. The maximum absolute atomic E-state index is 11.2. The van der Waals surface area contributed by atoms with Crippen LogP contribution >= 0.6 is 0 Å². The number of rotatable bonds is 6. The van der Waals surface area contributed by atoms with Gasteiger partial charge in [0.05, 0.1) is 12.7 Å². The van der Waals surface area contributed by atoms with Crippen LogP contribution in [0.1, 0.15) is 39.0 Å². The van der Waals surface area contributed by atoms with Crippen molar-refractivity contribution in [1.82, 2.24) is 0 Å². The van der Waals surface area contributed by atoms with Crippen molar-refractivity contribution in [2.45, 2.75) is 51.2 Å². The summed E-state index contributed by atoms with van der Waals surface area (Å²) in [6, 6.07) is -0.536. The molecule has 1 aliphatic rings. The van der Waals surface area contributed by atoms with E-state index in [4.69, 9.17) is 15.2 Å². The van der Waals surface area contributed by atoms with E-state index in [1.807, 2.05) is 0 Å². The van der Waals surface area contributed by atoms with E-state index >= 15 is 0 Å². The minimum absolute atomic E-state index is 0.326. The summed E-state index contributed by atoms with van der Waals surface area (Å²) in [5.74, 6) is -0.326. The van der Waals surface area contributed by atoms with Gasteiger partial charge in [0.15, 0.2) is 0 Å². The molecule has 15 heavy (non-hydrogen) atoms. The van der Waals surface area contributed by atoms with Gasteiger partial charge in [-0.3, -0.25) is 4.79 Å². The zero-order valence-electron chi connectivity index (χ0n) is 9.41. The maximum Gasteiger partial charge on any atom is 0.322 e. The molecule has 1 atom stereocenters. The van der Waals surface area contributed by atoms with Gasteiger partial charge < -0.3 is 15.2 Å². The van der Waals surface area contributed by atoms with Crippen LogP contribution in [0.2, 0.25) is 0 Å². The Morgan fingerprint density at radius 1 is 1.47 bits per heavy atom. The minimum atomic E-state index is -0.536. The fraction of sp³-hybridized carbons (Fsp3) is 0.909. The van der Waals surface area contributed by atoms with Gasteiger partial charge in [0.25, 0.3) is 0 Å². The highest BCUT2D eigenvalue weighted by Crippen LogP contribution is 2.20. The van der Waals surface area contributed by atoms with Gasteiger partial charge in [0.2, 0.25) is 0 Å². The average Bonchev–Trinajstić information content (AvgIpc) is 2.71. The Morgan fingerprint density at radius 3 is 2.73 bits per heavy atom. The SMILES string of the molecule is CCOC(=O)C(N)CCOC1CCCC1. The van der Waals surface area contributed by atoms with E-state index in [-0.39, 0.29) is 5.97 Å². The Balaban J connectivity index is 2.05. The first-order valence-electron chi connectivity index (χ1n) is 5.78. The second-order valence-corrected chi connectivity index (χ2v) is 3.92. The molecule has 1 fully saturated rings. The lowest BCUT2D eigenvalue weighted by atomic mass is 10.2. The summed E-state index contributed by atoms with van der Waals surface area (Å²) >= 11 is 0. The molecule has 2 N–H and O–H groups in total. The average molecular weight is 215 g/mol. The minimum Gasteiger partial charge on any atom is -0.465 e. The normalized spacial score (nSPS) is 19.1. The van der Waals surface area contributed by atoms with Crippen molar-refractivity contribution in [3.05, 3.63) is 0 Å². The molecule has 0 saturated heterocycles. The summed E-state index contributed by atoms with van der Waals surface area (Å²) in [6.45, 7) is 2.72. The quantitative estimate of drug-likeness (QED) is 0.677. The summed E-state index contributed by atoms with van der Waals surface area (Å²) in [4.78, 5) is 11.2. The van der Waals surface area contributed by atoms with Gasteiger partial charge in [-0.15, -0.1) is 0 Å². The highest BCUT2D eigenvalue weighted by Gasteiger charge is 2.18. The van der Waals surface area contributed by atoms with E-state index in [9.17, 15) is 4.79 Å². The lowest BCUT2D eigenvalue weighted by molar-refractivity contribution is -0.145. The Kier molecular flexibility index (Phi) is 5.65. The summed E-state index contributed by atoms with van der Waals surface area (Å²) in [5.41, 5.74) is 5.63. The summed E-state index contributed by atoms with van der Waals surface area (Å²) in [5, 5.41) is 0. The Bertz CT molecular complexity index is 190. The Hall–Kier alpha value is -0.610. The molecule has 0 amide bonds. The van der Waals surface area contributed by atoms with Crippen LogP contribution in [-0.2, 0) is 14.3 Å². The number of carbonyl (C=O) groups is 1. The van der Waals surface area contributed by atoms with Gasteiger partial charge in [-0.25, -0.2) is 0 Å². The van der Waals surface area contributed by atoms with Gasteiger partial charge in [-0.05, 0) is 26.2 Å². The van der Waals surface area contributed by atoms with Crippen LogP contribution in [-0.4, -0.2) is 31.3 Å². The third-order valence-corrected chi connectivity index (χ3v) is 2.67. The molecule has 0 aliphatic heterocycles. The monoisotopic (exact) mass is 215 g/mol. The first-order valence-corrected chi connectivity index (χ1v) is 5.78. The number of hydrogen-bond acceptors (Lipinski definition) is 4. The summed E-state index contributed by atoms with van der Waals surface area (Å²) < 4.78 is 10.4. The van der Waals surface area contributed by atoms with Crippen molar-refractivity contribution in [3.8, 4) is 0 Å². The van der Waals surface area contributed by atoms with Gasteiger partial charge in [-0.1, -0.05) is 12.8 Å². The van der Waals surface area contributed by atoms with E-state index in [0.29, 0.717) is 25.7 Å². The van der Waals surface area contributed by atoms with Crippen LogP contribution in [0.15, 0.2) is 0 Å². The van der Waals surface area contributed by atoms with Crippen LogP contribution in [0.4, 0.5) is 0 Å². The highest BCUT2D eigenvalue weighted by atomic mass is 16.5. The molecule has 0 heterocycles. The zero-order chi connectivity index (χ0) is 11.1. The highest BCUT2D eigenvalue weighted by molar-refractivity contribution is 5.75. The van der Waals surface area contributed by atoms with Crippen LogP contribution in [0.5, 0.6) is 0 Å². The van der Waals surface area contributed by atoms with Crippen LogP contribution in [0, 0.1) is 0 Å². The number of nitrogens with two attached hydrogens (primary N) is 1. The largest absolute Gasteiger partial charge is 0.465 e. The van der Waals surface area contributed by atoms with E-state index in [1.54, 1.807) is 6.92 Å². The first-order chi connectivity index (χ1) is 7.24. The van der Waals surface area contributed by atoms with E-state index in [2.05, 4.69) is 0 Å². The number of ether oxygens (including phenoxy) is 2. The Labute approximate surface area is 91.1 Å². The standard InChI is InChI=1S/C11H21NO3/c1-2-14-11(13)10(12)7-8-15-9-5-3-4-6-9/h9-10H,2-8,12H2,1H3. The molecule has 1 rings (SSSR count). The fourth-order valence-corrected chi connectivity index (χ4v) is 1.78. The van der Waals surface area contributed by atoms with Crippen molar-refractivity contribution < 1.29 is 14.3 Å². The van der Waals surface area contributed by atoms with Gasteiger partial charge in [0.1, 0.15) is 6.04 Å². The molecule has 0 aromatic rings. The van der Waals surface area contributed by atoms with Crippen LogP contribution in [0.3, 0.4) is 0 Å². The second-order valence-electron chi connectivity index (χ2n) is 3.92. The van der Waals surface area contributed by atoms with Crippen molar-refractivity contribution >= 4 is 5.97 Å². The molecule has 88 valence electrons. The molecule has 0 bridgehead atoms. The molecule has 0 aromatic carbocycles. The van der Waals surface area contributed by atoms with Gasteiger partial charge in [0, 0.05) is 6.61 Å². The molecule has 1 aliphatic carbocycles. The van der Waals surface area contributed by atoms with Crippen molar-refractivity contribution in [2.75, 3.05) is 13.2 Å². The van der Waals surface area contributed by atoms with Gasteiger partial charge >= 0.3 is 5.97 Å². The molecule has 4 nitrogen and oxygen atoms in total. The molecule has 1 saturated carbocycles. The molecule has 1 unspecified atom stereocenters. The van der Waals surface area contributed by atoms with E-state index in [0.717, 1.165) is 12.8 Å². The third-order valence-electron chi connectivity index (χ3n) is 2.67. The number of carbonyl (C=O) groups excluding carboxylic acids is 1. The molecule has 4 heteroatoms. The molecular weight excluding hydrogens is 194 g/mol. The predicted octanol–water partition coefficient (Wildman–Crippen LogP) is 1.23. The lowest BCUT2D eigenvalue weighted by Crippen LogP contribution is -2.33. The number of esters is 1. The third kappa shape index (κ3) is 4.62. The van der Waals surface area contributed by atoms with Crippen LogP contribution < -0.4 is 5.73 Å². The summed E-state index contributed by atoms with van der Waals surface area (Å²) in [7, 11) is 0. The topological polar surface area (TPSA) is 61.5 Å². The molecule has 0 spiro atoms. The smallest absolute Gasteiger partial charge is 0.322 e.